The molecule has 11 atom stereocenters. The van der Waals surface area contributed by atoms with Crippen LogP contribution in [0.4, 0.5) is 0 Å². The van der Waals surface area contributed by atoms with Gasteiger partial charge in [-0.25, -0.2) is 0 Å². The molecule has 3 N–H and O–H groups in total. The predicted octanol–water partition coefficient (Wildman–Crippen LogP) is 5.02. The van der Waals surface area contributed by atoms with E-state index in [1.54, 1.807) is 0 Å². The Hall–Kier alpha value is -0.120. The first-order valence-corrected chi connectivity index (χ1v) is 12.7. The van der Waals surface area contributed by atoms with Gasteiger partial charge in [-0.2, -0.15) is 0 Å². The van der Waals surface area contributed by atoms with E-state index in [0.29, 0.717) is 58.9 Å². The zero-order chi connectivity index (χ0) is 21.0. The van der Waals surface area contributed by atoms with E-state index in [4.69, 9.17) is 0 Å². The van der Waals surface area contributed by atoms with Gasteiger partial charge in [-0.1, -0.05) is 34.1 Å². The summed E-state index contributed by atoms with van der Waals surface area (Å²) in [6.07, 6.45) is 10.8. The SMILES string of the molecule is CCC[C@@H]1[C@H](O)C2C3CC[C@H]([C@H](C)CCO)[C@@]3(C)CCC2[C@@]2(C)CC[C@@H](O)C[C@@H]12. The quantitative estimate of drug-likeness (QED) is 0.601. The van der Waals surface area contributed by atoms with Crippen LogP contribution in [0.5, 0.6) is 0 Å². The Bertz CT molecular complexity index is 578. The van der Waals surface area contributed by atoms with Gasteiger partial charge in [0.2, 0.25) is 0 Å². The lowest BCUT2D eigenvalue weighted by molar-refractivity contribution is -0.204. The minimum Gasteiger partial charge on any atom is -0.396 e. The maximum absolute atomic E-state index is 11.8. The van der Waals surface area contributed by atoms with E-state index in [-0.39, 0.29) is 12.2 Å². The maximum Gasteiger partial charge on any atom is 0.0605 e. The minimum absolute atomic E-state index is 0.166. The highest BCUT2D eigenvalue weighted by atomic mass is 16.3. The number of hydrogen-bond acceptors (Lipinski definition) is 3. The molecule has 0 aromatic rings. The molecule has 4 aliphatic carbocycles. The number of aliphatic hydroxyl groups is 3. The summed E-state index contributed by atoms with van der Waals surface area (Å²) in [6.45, 7) is 9.95. The predicted molar refractivity (Wildman–Crippen MR) is 117 cm³/mol. The lowest BCUT2D eigenvalue weighted by Crippen LogP contribution is -2.62. The van der Waals surface area contributed by atoms with Crippen LogP contribution in [0, 0.1) is 52.3 Å². The molecule has 168 valence electrons. The van der Waals surface area contributed by atoms with Crippen LogP contribution >= 0.6 is 0 Å². The van der Waals surface area contributed by atoms with Crippen molar-refractivity contribution in [1.29, 1.82) is 0 Å². The molecule has 4 aliphatic rings. The number of fused-ring (bicyclic) bond motifs is 5. The Morgan fingerprint density at radius 3 is 2.31 bits per heavy atom. The smallest absolute Gasteiger partial charge is 0.0605 e. The third kappa shape index (κ3) is 3.33. The first kappa shape index (κ1) is 22.1. The van der Waals surface area contributed by atoms with E-state index in [1.807, 2.05) is 0 Å². The van der Waals surface area contributed by atoms with E-state index < -0.39 is 0 Å². The van der Waals surface area contributed by atoms with E-state index in [2.05, 4.69) is 27.7 Å². The van der Waals surface area contributed by atoms with E-state index in [9.17, 15) is 15.3 Å². The van der Waals surface area contributed by atoms with Gasteiger partial charge in [-0.05, 0) is 110 Å². The van der Waals surface area contributed by atoms with Crippen molar-refractivity contribution in [2.75, 3.05) is 6.61 Å². The summed E-state index contributed by atoms with van der Waals surface area (Å²) >= 11 is 0. The first-order valence-electron chi connectivity index (χ1n) is 12.7. The molecule has 0 aromatic carbocycles. The highest BCUT2D eigenvalue weighted by Gasteiger charge is 2.64. The Morgan fingerprint density at radius 1 is 0.931 bits per heavy atom. The van der Waals surface area contributed by atoms with Gasteiger partial charge < -0.3 is 15.3 Å². The molecule has 29 heavy (non-hydrogen) atoms. The van der Waals surface area contributed by atoms with Crippen LogP contribution in [0.3, 0.4) is 0 Å². The molecule has 3 heteroatoms. The van der Waals surface area contributed by atoms with Gasteiger partial charge >= 0.3 is 0 Å². The zero-order valence-electron chi connectivity index (χ0n) is 19.3. The Labute approximate surface area is 178 Å². The zero-order valence-corrected chi connectivity index (χ0v) is 19.3. The van der Waals surface area contributed by atoms with E-state index >= 15 is 0 Å². The van der Waals surface area contributed by atoms with Gasteiger partial charge in [0.25, 0.3) is 0 Å². The molecule has 0 bridgehead atoms. The second-order valence-corrected chi connectivity index (χ2v) is 12.0. The summed E-state index contributed by atoms with van der Waals surface area (Å²) < 4.78 is 0. The molecule has 0 amide bonds. The fraction of sp³-hybridized carbons (Fsp3) is 1.00. The van der Waals surface area contributed by atoms with Gasteiger partial charge in [0.1, 0.15) is 0 Å². The molecule has 0 aliphatic heterocycles. The second kappa shape index (κ2) is 8.10. The van der Waals surface area contributed by atoms with Crippen molar-refractivity contribution < 1.29 is 15.3 Å². The van der Waals surface area contributed by atoms with Crippen LogP contribution in [-0.2, 0) is 0 Å². The van der Waals surface area contributed by atoms with Gasteiger partial charge in [-0.15, -0.1) is 0 Å². The molecule has 4 fully saturated rings. The summed E-state index contributed by atoms with van der Waals surface area (Å²) in [5.41, 5.74) is 0.615. The van der Waals surface area contributed by atoms with Crippen molar-refractivity contribution in [3.63, 3.8) is 0 Å². The normalized spacial score (nSPS) is 53.1. The Morgan fingerprint density at radius 2 is 1.62 bits per heavy atom. The number of rotatable bonds is 5. The highest BCUT2D eigenvalue weighted by Crippen LogP contribution is 2.69. The monoisotopic (exact) mass is 406 g/mol. The molecule has 0 spiro atoms. The topological polar surface area (TPSA) is 60.7 Å². The minimum atomic E-state index is -0.195. The van der Waals surface area contributed by atoms with Crippen molar-refractivity contribution in [3.05, 3.63) is 0 Å². The molecule has 0 radical (unpaired) electrons. The maximum atomic E-state index is 11.8. The lowest BCUT2D eigenvalue weighted by atomic mass is 9.41. The molecular weight excluding hydrogens is 360 g/mol. The van der Waals surface area contributed by atoms with Gasteiger partial charge in [0, 0.05) is 6.61 Å². The fourth-order valence-electron chi connectivity index (χ4n) is 9.52. The van der Waals surface area contributed by atoms with Crippen LogP contribution in [0.1, 0.15) is 91.9 Å². The first-order chi connectivity index (χ1) is 13.8. The summed E-state index contributed by atoms with van der Waals surface area (Å²) in [5, 5.41) is 31.8. The summed E-state index contributed by atoms with van der Waals surface area (Å²) in [6, 6.07) is 0. The largest absolute Gasteiger partial charge is 0.396 e. The fourth-order valence-corrected chi connectivity index (χ4v) is 9.52. The lowest BCUT2D eigenvalue weighted by Gasteiger charge is -2.65. The average Bonchev–Trinajstić information content (AvgIpc) is 3.03. The molecule has 0 heterocycles. The summed E-state index contributed by atoms with van der Waals surface area (Å²) in [7, 11) is 0. The van der Waals surface area contributed by atoms with Crippen molar-refractivity contribution in [2.24, 2.45) is 52.3 Å². The highest BCUT2D eigenvalue weighted by molar-refractivity contribution is 5.13. The van der Waals surface area contributed by atoms with Gasteiger partial charge in [0.15, 0.2) is 0 Å². The van der Waals surface area contributed by atoms with E-state index in [1.165, 1.54) is 25.7 Å². The standard InChI is InChI=1S/C26H46O3/c1-5-6-18-22-15-17(28)9-12-26(22,4)21-10-13-25(3)19(16(2)11-14-27)7-8-20(25)23(21)24(18)29/h16-24,27-29H,5-15H2,1-4H3/t16-,17-,18+,19-,20?,21?,22+,23?,24+,25-,26-/m1/s1. The van der Waals surface area contributed by atoms with Crippen LogP contribution in [-0.4, -0.2) is 34.1 Å². The van der Waals surface area contributed by atoms with E-state index in [0.717, 1.165) is 38.5 Å². The third-order valence-corrected chi connectivity index (χ3v) is 10.9. The molecular formula is C26H46O3. The van der Waals surface area contributed by atoms with Crippen molar-refractivity contribution in [1.82, 2.24) is 0 Å². The van der Waals surface area contributed by atoms with Crippen LogP contribution in [0.25, 0.3) is 0 Å². The number of aliphatic hydroxyl groups excluding tert-OH is 3. The summed E-state index contributed by atoms with van der Waals surface area (Å²) in [4.78, 5) is 0. The molecule has 0 saturated heterocycles. The molecule has 4 rings (SSSR count). The molecule has 0 aromatic heterocycles. The molecule has 4 saturated carbocycles. The van der Waals surface area contributed by atoms with Crippen molar-refractivity contribution >= 4 is 0 Å². The molecule has 3 nitrogen and oxygen atoms in total. The number of hydrogen-bond donors (Lipinski definition) is 3. The summed E-state index contributed by atoms with van der Waals surface area (Å²) in [5.74, 6) is 3.80. The van der Waals surface area contributed by atoms with Gasteiger partial charge in [0.05, 0.1) is 12.2 Å². The van der Waals surface area contributed by atoms with Crippen molar-refractivity contribution in [3.8, 4) is 0 Å². The van der Waals surface area contributed by atoms with Crippen molar-refractivity contribution in [2.45, 2.75) is 104 Å². The van der Waals surface area contributed by atoms with Gasteiger partial charge in [-0.3, -0.25) is 0 Å². The van der Waals surface area contributed by atoms with Crippen LogP contribution < -0.4 is 0 Å². The Kier molecular flexibility index (Phi) is 6.17. The Balaban J connectivity index is 1.67. The molecule has 3 unspecified atom stereocenters. The third-order valence-electron chi connectivity index (χ3n) is 10.9. The second-order valence-electron chi connectivity index (χ2n) is 12.0. The van der Waals surface area contributed by atoms with Crippen LogP contribution in [0.15, 0.2) is 0 Å². The van der Waals surface area contributed by atoms with Crippen LogP contribution in [0.2, 0.25) is 0 Å². The average molecular weight is 407 g/mol.